The largest absolute Gasteiger partial charge is 0.456 e. The molecule has 3 nitrogen and oxygen atoms in total. The summed E-state index contributed by atoms with van der Waals surface area (Å²) in [4.78, 5) is 4.93. The average molecular weight is 373 g/mol. The summed E-state index contributed by atoms with van der Waals surface area (Å²) < 4.78 is 57.8. The Kier molecular flexibility index (Phi) is 4.85. The van der Waals surface area contributed by atoms with Crippen LogP contribution in [0.3, 0.4) is 0 Å². The topological polar surface area (TPSA) is 24.8 Å². The standard InChI is InChI=1S/C17H13ClF4N2O/c18-12-8-13(19)14(9-15(12)25-11-4-2-1-3-5-11)24-7-6-16(23-10-24)17(20,21)22/h1-5,8-9H,6-7,10H2. The Balaban J connectivity index is 1.85. The molecule has 2 aromatic rings. The highest BCUT2D eigenvalue weighted by atomic mass is 35.5. The molecule has 0 unspecified atom stereocenters. The van der Waals surface area contributed by atoms with E-state index in [0.717, 1.165) is 6.07 Å². The fourth-order valence-corrected chi connectivity index (χ4v) is 2.63. The molecule has 0 atom stereocenters. The lowest BCUT2D eigenvalue weighted by Gasteiger charge is -2.29. The maximum Gasteiger partial charge on any atom is 0.429 e. The van der Waals surface area contributed by atoms with Gasteiger partial charge in [-0.1, -0.05) is 29.8 Å². The molecule has 3 rings (SSSR count). The van der Waals surface area contributed by atoms with Gasteiger partial charge in [0.1, 0.15) is 29.7 Å². The third-order valence-electron chi connectivity index (χ3n) is 3.69. The molecule has 25 heavy (non-hydrogen) atoms. The molecule has 1 heterocycles. The number of halogens is 5. The zero-order valence-corrected chi connectivity index (χ0v) is 13.6. The van der Waals surface area contributed by atoms with Crippen LogP contribution in [0.25, 0.3) is 0 Å². The van der Waals surface area contributed by atoms with Crippen molar-refractivity contribution in [2.75, 3.05) is 18.1 Å². The first-order chi connectivity index (χ1) is 11.8. The maximum absolute atomic E-state index is 14.2. The van der Waals surface area contributed by atoms with Crippen LogP contribution in [0.15, 0.2) is 47.5 Å². The van der Waals surface area contributed by atoms with Crippen molar-refractivity contribution in [2.45, 2.75) is 12.6 Å². The highest BCUT2D eigenvalue weighted by molar-refractivity contribution is 6.32. The predicted molar refractivity (Wildman–Crippen MR) is 88.2 cm³/mol. The van der Waals surface area contributed by atoms with Crippen molar-refractivity contribution in [1.82, 2.24) is 0 Å². The number of aliphatic imine (C=N–C) groups is 1. The lowest BCUT2D eigenvalue weighted by atomic mass is 10.2. The van der Waals surface area contributed by atoms with Gasteiger partial charge in [0.25, 0.3) is 0 Å². The third kappa shape index (κ3) is 4.04. The SMILES string of the molecule is Fc1cc(Cl)c(Oc2ccccc2)cc1N1CCC(C(F)(F)F)=NC1. The molecule has 0 spiro atoms. The van der Waals surface area contributed by atoms with Gasteiger partial charge in [-0.15, -0.1) is 0 Å². The molecular formula is C17H13ClF4N2O. The van der Waals surface area contributed by atoms with E-state index in [0.29, 0.717) is 5.75 Å². The summed E-state index contributed by atoms with van der Waals surface area (Å²) in [6, 6.07) is 11.2. The Hall–Kier alpha value is -2.28. The molecule has 0 N–H and O–H groups in total. The van der Waals surface area contributed by atoms with Crippen molar-refractivity contribution in [3.63, 3.8) is 0 Å². The molecule has 0 amide bonds. The fraction of sp³-hybridized carbons (Fsp3) is 0.235. The van der Waals surface area contributed by atoms with Crippen LogP contribution in [-0.2, 0) is 0 Å². The van der Waals surface area contributed by atoms with Gasteiger partial charge in [-0.25, -0.2) is 4.39 Å². The lowest BCUT2D eigenvalue weighted by molar-refractivity contribution is -0.0609. The van der Waals surface area contributed by atoms with Gasteiger partial charge in [-0.05, 0) is 18.2 Å². The summed E-state index contributed by atoms with van der Waals surface area (Å²) in [6.07, 6.45) is -4.76. The van der Waals surface area contributed by atoms with Crippen LogP contribution in [0.2, 0.25) is 5.02 Å². The second-order valence-corrected chi connectivity index (χ2v) is 5.81. The number of anilines is 1. The molecule has 132 valence electrons. The van der Waals surface area contributed by atoms with E-state index >= 15 is 0 Å². The molecule has 2 aromatic carbocycles. The summed E-state index contributed by atoms with van der Waals surface area (Å²) in [5.74, 6) is 0.0870. The number of para-hydroxylation sites is 1. The van der Waals surface area contributed by atoms with Crippen molar-refractivity contribution in [3.05, 3.63) is 53.3 Å². The van der Waals surface area contributed by atoms with E-state index in [1.807, 2.05) is 6.07 Å². The van der Waals surface area contributed by atoms with Gasteiger partial charge in [0, 0.05) is 19.0 Å². The molecule has 0 bridgehead atoms. The van der Waals surface area contributed by atoms with E-state index in [2.05, 4.69) is 4.99 Å². The molecule has 0 radical (unpaired) electrons. The third-order valence-corrected chi connectivity index (χ3v) is 3.99. The van der Waals surface area contributed by atoms with E-state index in [-0.39, 0.29) is 36.1 Å². The van der Waals surface area contributed by atoms with Gasteiger partial charge in [0.2, 0.25) is 0 Å². The minimum Gasteiger partial charge on any atom is -0.456 e. The van der Waals surface area contributed by atoms with Crippen molar-refractivity contribution in [1.29, 1.82) is 0 Å². The van der Waals surface area contributed by atoms with Crippen LogP contribution < -0.4 is 9.64 Å². The number of rotatable bonds is 3. The van der Waals surface area contributed by atoms with E-state index in [1.165, 1.54) is 11.0 Å². The second kappa shape index (κ2) is 6.92. The number of hydrogen-bond donors (Lipinski definition) is 0. The van der Waals surface area contributed by atoms with Crippen LogP contribution >= 0.6 is 11.6 Å². The maximum atomic E-state index is 14.2. The second-order valence-electron chi connectivity index (χ2n) is 5.41. The Labute approximate surface area is 146 Å². The molecule has 0 aromatic heterocycles. The van der Waals surface area contributed by atoms with Gasteiger partial charge in [0.05, 0.1) is 10.7 Å². The van der Waals surface area contributed by atoms with Crippen molar-refractivity contribution < 1.29 is 22.3 Å². The summed E-state index contributed by atoms with van der Waals surface area (Å²) in [5, 5.41) is 0.0709. The number of ether oxygens (including phenoxy) is 1. The Morgan fingerprint density at radius 2 is 1.84 bits per heavy atom. The zero-order valence-electron chi connectivity index (χ0n) is 12.9. The smallest absolute Gasteiger partial charge is 0.429 e. The van der Waals surface area contributed by atoms with Crippen molar-refractivity contribution in [2.24, 2.45) is 4.99 Å². The van der Waals surface area contributed by atoms with Crippen molar-refractivity contribution in [3.8, 4) is 11.5 Å². The lowest BCUT2D eigenvalue weighted by Crippen LogP contribution is -2.37. The van der Waals surface area contributed by atoms with Gasteiger partial charge >= 0.3 is 6.18 Å². The van der Waals surface area contributed by atoms with Crippen molar-refractivity contribution >= 4 is 23.0 Å². The van der Waals surface area contributed by atoms with Crippen LogP contribution in [0.4, 0.5) is 23.2 Å². The van der Waals surface area contributed by atoms with Gasteiger partial charge in [-0.2, -0.15) is 13.2 Å². The Morgan fingerprint density at radius 3 is 2.44 bits per heavy atom. The molecular weight excluding hydrogens is 360 g/mol. The number of hydrogen-bond acceptors (Lipinski definition) is 3. The average Bonchev–Trinajstić information content (AvgIpc) is 2.58. The summed E-state index contributed by atoms with van der Waals surface area (Å²) in [5.41, 5.74) is -0.737. The Morgan fingerprint density at radius 1 is 1.12 bits per heavy atom. The van der Waals surface area contributed by atoms with Crippen LogP contribution in [0.5, 0.6) is 11.5 Å². The van der Waals surface area contributed by atoms with E-state index in [9.17, 15) is 17.6 Å². The van der Waals surface area contributed by atoms with E-state index in [4.69, 9.17) is 16.3 Å². The van der Waals surface area contributed by atoms with Gasteiger partial charge < -0.3 is 9.64 Å². The highest BCUT2D eigenvalue weighted by Crippen LogP contribution is 2.36. The monoisotopic (exact) mass is 372 g/mol. The first-order valence-electron chi connectivity index (χ1n) is 7.42. The number of benzene rings is 2. The summed E-state index contributed by atoms with van der Waals surface area (Å²) in [7, 11) is 0. The van der Waals surface area contributed by atoms with Gasteiger partial charge in [-0.3, -0.25) is 4.99 Å². The summed E-state index contributed by atoms with van der Waals surface area (Å²) >= 11 is 6.01. The van der Waals surface area contributed by atoms with Crippen LogP contribution in [0, 0.1) is 5.82 Å². The quantitative estimate of drug-likeness (QED) is 0.670. The first-order valence-corrected chi connectivity index (χ1v) is 7.80. The minimum absolute atomic E-state index is 0.00166. The summed E-state index contributed by atoms with van der Waals surface area (Å²) in [6.45, 7) is -0.278. The fourth-order valence-electron chi connectivity index (χ4n) is 2.44. The van der Waals surface area contributed by atoms with Crippen LogP contribution in [0.1, 0.15) is 6.42 Å². The number of alkyl halides is 3. The first kappa shape index (κ1) is 17.5. The molecule has 0 saturated heterocycles. The van der Waals surface area contributed by atoms with E-state index < -0.39 is 17.7 Å². The Bertz CT molecular complexity index is 793. The zero-order chi connectivity index (χ0) is 18.0. The normalized spacial score (nSPS) is 15.1. The molecule has 0 saturated carbocycles. The van der Waals surface area contributed by atoms with E-state index in [1.54, 1.807) is 24.3 Å². The molecule has 1 aliphatic heterocycles. The number of nitrogens with zero attached hydrogens (tertiary/aromatic N) is 2. The minimum atomic E-state index is -4.45. The van der Waals surface area contributed by atoms with Crippen LogP contribution in [-0.4, -0.2) is 25.1 Å². The highest BCUT2D eigenvalue weighted by Gasteiger charge is 2.37. The molecule has 0 aliphatic carbocycles. The van der Waals surface area contributed by atoms with Gasteiger partial charge in [0.15, 0.2) is 0 Å². The molecule has 1 aliphatic rings. The molecule has 8 heteroatoms. The predicted octanol–water partition coefficient (Wildman–Crippen LogP) is 5.44. The molecule has 0 fully saturated rings.